The summed E-state index contributed by atoms with van der Waals surface area (Å²) < 4.78 is 41.2. The van der Waals surface area contributed by atoms with Crippen LogP contribution in [0.5, 0.6) is 0 Å². The van der Waals surface area contributed by atoms with Gasteiger partial charge in [-0.2, -0.15) is 13.2 Å². The standard InChI is InChI=1S/C18H25F3N2O2/c1-5-23(4)12-22-16-9-8-15(13(2)14(16)3)17(24)25-11-7-6-10-18(19,20)21/h8-9,12H,5-7,10-11H2,1-4H3. The molecule has 1 aromatic rings. The Labute approximate surface area is 146 Å². The molecule has 0 aromatic heterocycles. The van der Waals surface area contributed by atoms with Crippen LogP contribution in [0.3, 0.4) is 0 Å². The molecule has 1 aromatic carbocycles. The highest BCUT2D eigenvalue weighted by Crippen LogP contribution is 2.25. The van der Waals surface area contributed by atoms with Gasteiger partial charge in [0.2, 0.25) is 0 Å². The van der Waals surface area contributed by atoms with Gasteiger partial charge in [0.15, 0.2) is 0 Å². The lowest BCUT2D eigenvalue weighted by Gasteiger charge is -2.12. The summed E-state index contributed by atoms with van der Waals surface area (Å²) in [6.07, 6.45) is -3.16. The Bertz CT molecular complexity index is 613. The van der Waals surface area contributed by atoms with Gasteiger partial charge in [-0.05, 0) is 56.9 Å². The highest BCUT2D eigenvalue weighted by Gasteiger charge is 2.26. The molecule has 0 bridgehead atoms. The highest BCUT2D eigenvalue weighted by molar-refractivity contribution is 5.92. The smallest absolute Gasteiger partial charge is 0.389 e. The zero-order chi connectivity index (χ0) is 19.0. The molecule has 0 fully saturated rings. The third-order valence-electron chi connectivity index (χ3n) is 3.96. The van der Waals surface area contributed by atoms with Crippen LogP contribution in [-0.4, -0.2) is 43.6 Å². The van der Waals surface area contributed by atoms with E-state index in [1.165, 1.54) is 0 Å². The minimum Gasteiger partial charge on any atom is -0.462 e. The lowest BCUT2D eigenvalue weighted by atomic mass is 10.0. The number of ether oxygens (including phenoxy) is 1. The van der Waals surface area contributed by atoms with Gasteiger partial charge in [-0.25, -0.2) is 9.79 Å². The molecule has 0 radical (unpaired) electrons. The molecule has 25 heavy (non-hydrogen) atoms. The topological polar surface area (TPSA) is 41.9 Å². The number of rotatable bonds is 8. The van der Waals surface area contributed by atoms with Crippen LogP contribution in [0.1, 0.15) is 47.7 Å². The number of benzene rings is 1. The third kappa shape index (κ3) is 7.15. The molecule has 0 saturated heterocycles. The van der Waals surface area contributed by atoms with Crippen LogP contribution in [0.4, 0.5) is 18.9 Å². The SMILES string of the molecule is CCN(C)C=Nc1ccc(C(=O)OCCCCC(F)(F)F)c(C)c1C. The van der Waals surface area contributed by atoms with Gasteiger partial charge in [-0.3, -0.25) is 0 Å². The first-order chi connectivity index (χ1) is 11.7. The number of unbranched alkanes of at least 4 members (excludes halogenated alkanes) is 1. The molecular formula is C18H25F3N2O2. The summed E-state index contributed by atoms with van der Waals surface area (Å²) in [4.78, 5) is 18.4. The van der Waals surface area contributed by atoms with Gasteiger partial charge in [0, 0.05) is 20.0 Å². The van der Waals surface area contributed by atoms with E-state index in [1.54, 1.807) is 25.4 Å². The van der Waals surface area contributed by atoms with Crippen LogP contribution in [0.25, 0.3) is 0 Å². The van der Waals surface area contributed by atoms with Gasteiger partial charge in [-0.1, -0.05) is 0 Å². The lowest BCUT2D eigenvalue weighted by molar-refractivity contribution is -0.135. The minimum atomic E-state index is -4.17. The zero-order valence-electron chi connectivity index (χ0n) is 15.1. The third-order valence-corrected chi connectivity index (χ3v) is 3.96. The summed E-state index contributed by atoms with van der Waals surface area (Å²) in [5.41, 5.74) is 2.80. The molecule has 1 rings (SSSR count). The van der Waals surface area contributed by atoms with E-state index in [0.29, 0.717) is 5.56 Å². The molecule has 0 amide bonds. The number of hydrogen-bond acceptors (Lipinski definition) is 3. The second-order valence-corrected chi connectivity index (χ2v) is 5.91. The van der Waals surface area contributed by atoms with E-state index in [4.69, 9.17) is 4.74 Å². The average Bonchev–Trinajstić information content (AvgIpc) is 2.54. The first kappa shape index (κ1) is 21.0. The summed E-state index contributed by atoms with van der Waals surface area (Å²) in [5, 5.41) is 0. The summed E-state index contributed by atoms with van der Waals surface area (Å²) in [6.45, 7) is 6.50. The van der Waals surface area contributed by atoms with Crippen molar-refractivity contribution in [2.45, 2.75) is 46.2 Å². The summed E-state index contributed by atoms with van der Waals surface area (Å²) >= 11 is 0. The summed E-state index contributed by atoms with van der Waals surface area (Å²) in [6, 6.07) is 3.38. The minimum absolute atomic E-state index is 0.0192. The fraction of sp³-hybridized carbons (Fsp3) is 0.556. The van der Waals surface area contributed by atoms with E-state index in [2.05, 4.69) is 4.99 Å². The Morgan fingerprint density at radius 1 is 1.24 bits per heavy atom. The molecule has 0 atom stereocenters. The second-order valence-electron chi connectivity index (χ2n) is 5.91. The van der Waals surface area contributed by atoms with Crippen molar-refractivity contribution >= 4 is 18.0 Å². The Morgan fingerprint density at radius 3 is 2.52 bits per heavy atom. The van der Waals surface area contributed by atoms with Crippen molar-refractivity contribution in [1.29, 1.82) is 0 Å². The van der Waals surface area contributed by atoms with Crippen molar-refractivity contribution in [2.75, 3.05) is 20.2 Å². The predicted molar refractivity (Wildman–Crippen MR) is 92.6 cm³/mol. The molecule has 0 aliphatic rings. The van der Waals surface area contributed by atoms with Gasteiger partial charge < -0.3 is 9.64 Å². The molecule has 4 nitrogen and oxygen atoms in total. The van der Waals surface area contributed by atoms with E-state index in [-0.39, 0.29) is 19.4 Å². The highest BCUT2D eigenvalue weighted by atomic mass is 19.4. The Balaban J connectivity index is 2.65. The van der Waals surface area contributed by atoms with E-state index >= 15 is 0 Å². The van der Waals surface area contributed by atoms with Gasteiger partial charge in [0.05, 0.1) is 24.2 Å². The average molecular weight is 358 g/mol. The first-order valence-electron chi connectivity index (χ1n) is 8.24. The van der Waals surface area contributed by atoms with Crippen molar-refractivity contribution in [2.24, 2.45) is 4.99 Å². The van der Waals surface area contributed by atoms with Crippen LogP contribution in [-0.2, 0) is 4.74 Å². The number of halogens is 3. The molecule has 7 heteroatoms. The molecule has 0 aliphatic carbocycles. The Morgan fingerprint density at radius 2 is 1.92 bits per heavy atom. The Kier molecular flexibility index (Phi) is 7.93. The van der Waals surface area contributed by atoms with E-state index in [1.807, 2.05) is 25.8 Å². The zero-order valence-corrected chi connectivity index (χ0v) is 15.1. The quantitative estimate of drug-likeness (QED) is 0.290. The predicted octanol–water partition coefficient (Wildman–Crippen LogP) is 4.80. The molecular weight excluding hydrogens is 333 g/mol. The van der Waals surface area contributed by atoms with E-state index < -0.39 is 18.6 Å². The van der Waals surface area contributed by atoms with Crippen molar-refractivity contribution in [1.82, 2.24) is 4.90 Å². The molecule has 0 heterocycles. The van der Waals surface area contributed by atoms with Gasteiger partial charge in [-0.15, -0.1) is 0 Å². The molecule has 140 valence electrons. The number of aliphatic imine (C=N–C) groups is 1. The van der Waals surface area contributed by atoms with Gasteiger partial charge in [0.25, 0.3) is 0 Å². The van der Waals surface area contributed by atoms with E-state index in [0.717, 1.165) is 23.4 Å². The maximum absolute atomic E-state index is 12.1. The van der Waals surface area contributed by atoms with Crippen molar-refractivity contribution in [3.63, 3.8) is 0 Å². The van der Waals surface area contributed by atoms with Crippen LogP contribution in [0.2, 0.25) is 0 Å². The maximum atomic E-state index is 12.1. The lowest BCUT2D eigenvalue weighted by Crippen LogP contribution is -2.14. The number of carbonyl (C=O) groups is 1. The first-order valence-corrected chi connectivity index (χ1v) is 8.24. The molecule has 0 spiro atoms. The number of hydrogen-bond donors (Lipinski definition) is 0. The monoisotopic (exact) mass is 358 g/mol. The summed E-state index contributed by atoms with van der Waals surface area (Å²) in [5.74, 6) is -0.520. The van der Waals surface area contributed by atoms with Crippen LogP contribution >= 0.6 is 0 Å². The number of alkyl halides is 3. The molecule has 0 saturated carbocycles. The normalized spacial score (nSPS) is 11.8. The van der Waals surface area contributed by atoms with Crippen LogP contribution in [0, 0.1) is 13.8 Å². The molecule has 0 unspecified atom stereocenters. The molecule has 0 aliphatic heterocycles. The molecule has 0 N–H and O–H groups in total. The van der Waals surface area contributed by atoms with E-state index in [9.17, 15) is 18.0 Å². The number of carbonyl (C=O) groups excluding carboxylic acids is 1. The van der Waals surface area contributed by atoms with Crippen LogP contribution in [0.15, 0.2) is 17.1 Å². The fourth-order valence-electron chi connectivity index (χ4n) is 2.08. The van der Waals surface area contributed by atoms with Gasteiger partial charge in [0.1, 0.15) is 0 Å². The summed E-state index contributed by atoms with van der Waals surface area (Å²) in [7, 11) is 1.91. The Hall–Kier alpha value is -2.05. The second kappa shape index (κ2) is 9.44. The number of esters is 1. The van der Waals surface area contributed by atoms with Crippen molar-refractivity contribution < 1.29 is 22.7 Å². The largest absolute Gasteiger partial charge is 0.462 e. The van der Waals surface area contributed by atoms with Gasteiger partial charge >= 0.3 is 12.1 Å². The number of nitrogens with zero attached hydrogens (tertiary/aromatic N) is 2. The maximum Gasteiger partial charge on any atom is 0.389 e. The fourth-order valence-corrected chi connectivity index (χ4v) is 2.08. The van der Waals surface area contributed by atoms with Crippen molar-refractivity contribution in [3.8, 4) is 0 Å². The van der Waals surface area contributed by atoms with Crippen LogP contribution < -0.4 is 0 Å². The van der Waals surface area contributed by atoms with Crippen molar-refractivity contribution in [3.05, 3.63) is 28.8 Å².